The fourth-order valence-electron chi connectivity index (χ4n) is 2.23. The van der Waals surface area contributed by atoms with E-state index in [1.807, 2.05) is 37.3 Å². The van der Waals surface area contributed by atoms with E-state index in [0.29, 0.717) is 25.4 Å². The third kappa shape index (κ3) is 2.55. The van der Waals surface area contributed by atoms with Crippen molar-refractivity contribution in [3.8, 4) is 5.69 Å². The molecule has 6 nitrogen and oxygen atoms in total. The van der Waals surface area contributed by atoms with Crippen LogP contribution in [0.3, 0.4) is 0 Å². The normalized spacial score (nSPS) is 19.1. The number of benzene rings is 1. The van der Waals surface area contributed by atoms with Crippen LogP contribution in [0.1, 0.15) is 17.4 Å². The molecule has 104 valence electrons. The highest BCUT2D eigenvalue weighted by atomic mass is 16.5. The zero-order valence-electron chi connectivity index (χ0n) is 11.3. The Morgan fingerprint density at radius 1 is 1.35 bits per heavy atom. The van der Waals surface area contributed by atoms with Crippen molar-refractivity contribution in [1.82, 2.24) is 19.9 Å². The van der Waals surface area contributed by atoms with Gasteiger partial charge in [0.25, 0.3) is 5.91 Å². The molecule has 1 aromatic heterocycles. The summed E-state index contributed by atoms with van der Waals surface area (Å²) in [4.78, 5) is 14.1. The van der Waals surface area contributed by atoms with Crippen molar-refractivity contribution in [2.24, 2.45) is 0 Å². The minimum Gasteiger partial charge on any atom is -0.375 e. The number of ether oxygens (including phenoxy) is 1. The van der Waals surface area contributed by atoms with Crippen molar-refractivity contribution in [3.05, 3.63) is 42.2 Å². The molecule has 3 rings (SSSR count). The van der Waals surface area contributed by atoms with Gasteiger partial charge >= 0.3 is 0 Å². The lowest BCUT2D eigenvalue weighted by Gasteiger charge is -2.30. The van der Waals surface area contributed by atoms with Gasteiger partial charge in [-0.2, -0.15) is 0 Å². The average molecular weight is 272 g/mol. The number of carbonyl (C=O) groups is 1. The standard InChI is InChI=1S/C14H16N4O2/c1-11-9-17(7-8-20-11)14(19)13-10-18(16-15-13)12-5-3-2-4-6-12/h2-6,10-11H,7-9H2,1H3/t11-/m1/s1. The number of hydrogen-bond acceptors (Lipinski definition) is 4. The summed E-state index contributed by atoms with van der Waals surface area (Å²) in [5.74, 6) is -0.0951. The quantitative estimate of drug-likeness (QED) is 0.822. The molecule has 20 heavy (non-hydrogen) atoms. The molecule has 2 aromatic rings. The number of aromatic nitrogens is 3. The minimum absolute atomic E-state index is 0.0665. The Balaban J connectivity index is 1.78. The largest absolute Gasteiger partial charge is 0.375 e. The molecule has 1 fully saturated rings. The first-order chi connectivity index (χ1) is 9.74. The van der Waals surface area contributed by atoms with Gasteiger partial charge in [0, 0.05) is 13.1 Å². The van der Waals surface area contributed by atoms with Crippen molar-refractivity contribution >= 4 is 5.91 Å². The second-order valence-electron chi connectivity index (χ2n) is 4.82. The Morgan fingerprint density at radius 2 is 2.15 bits per heavy atom. The van der Waals surface area contributed by atoms with Crippen LogP contribution in [0, 0.1) is 0 Å². The van der Waals surface area contributed by atoms with E-state index in [9.17, 15) is 4.79 Å². The molecule has 2 heterocycles. The molecule has 0 radical (unpaired) electrons. The fourth-order valence-corrected chi connectivity index (χ4v) is 2.23. The summed E-state index contributed by atoms with van der Waals surface area (Å²) in [5, 5.41) is 7.98. The molecule has 1 atom stereocenters. The first kappa shape index (κ1) is 12.8. The third-order valence-electron chi connectivity index (χ3n) is 3.26. The van der Waals surface area contributed by atoms with Crippen LogP contribution in [0.15, 0.2) is 36.5 Å². The van der Waals surface area contributed by atoms with E-state index >= 15 is 0 Å². The molecular formula is C14H16N4O2. The molecule has 0 aliphatic carbocycles. The third-order valence-corrected chi connectivity index (χ3v) is 3.26. The molecule has 0 N–H and O–H groups in total. The molecule has 0 spiro atoms. The predicted molar refractivity (Wildman–Crippen MR) is 72.7 cm³/mol. The van der Waals surface area contributed by atoms with Gasteiger partial charge in [-0.15, -0.1) is 5.10 Å². The highest BCUT2D eigenvalue weighted by Crippen LogP contribution is 2.10. The van der Waals surface area contributed by atoms with Crippen LogP contribution in [-0.2, 0) is 4.74 Å². The summed E-state index contributed by atoms with van der Waals surface area (Å²) in [5.41, 5.74) is 1.25. The Hall–Kier alpha value is -2.21. The van der Waals surface area contributed by atoms with Gasteiger partial charge in [-0.3, -0.25) is 4.79 Å². The van der Waals surface area contributed by atoms with Gasteiger partial charge in [-0.1, -0.05) is 23.4 Å². The highest BCUT2D eigenvalue weighted by Gasteiger charge is 2.24. The lowest BCUT2D eigenvalue weighted by atomic mass is 10.2. The van der Waals surface area contributed by atoms with E-state index in [1.54, 1.807) is 15.8 Å². The summed E-state index contributed by atoms with van der Waals surface area (Å²) in [6.07, 6.45) is 1.73. The molecule has 1 aliphatic heterocycles. The van der Waals surface area contributed by atoms with Crippen LogP contribution in [0.25, 0.3) is 5.69 Å². The van der Waals surface area contributed by atoms with Gasteiger partial charge in [0.05, 0.1) is 24.6 Å². The fraction of sp³-hybridized carbons (Fsp3) is 0.357. The van der Waals surface area contributed by atoms with Gasteiger partial charge < -0.3 is 9.64 Å². The van der Waals surface area contributed by atoms with Gasteiger partial charge in [0.1, 0.15) is 0 Å². The first-order valence-electron chi connectivity index (χ1n) is 6.62. The molecule has 0 bridgehead atoms. The molecule has 0 unspecified atom stereocenters. The number of para-hydroxylation sites is 1. The SMILES string of the molecule is C[C@@H]1CN(C(=O)c2cn(-c3ccccc3)nn2)CCO1. The Kier molecular flexibility index (Phi) is 3.47. The van der Waals surface area contributed by atoms with Crippen LogP contribution in [0.4, 0.5) is 0 Å². The van der Waals surface area contributed by atoms with Crippen molar-refractivity contribution in [1.29, 1.82) is 0 Å². The zero-order valence-corrected chi connectivity index (χ0v) is 11.3. The van der Waals surface area contributed by atoms with Crippen LogP contribution in [0.5, 0.6) is 0 Å². The van der Waals surface area contributed by atoms with Crippen molar-refractivity contribution in [3.63, 3.8) is 0 Å². The maximum atomic E-state index is 12.3. The first-order valence-corrected chi connectivity index (χ1v) is 6.62. The van der Waals surface area contributed by atoms with Gasteiger partial charge in [-0.05, 0) is 19.1 Å². The number of carbonyl (C=O) groups excluding carboxylic acids is 1. The monoisotopic (exact) mass is 272 g/mol. The topological polar surface area (TPSA) is 60.2 Å². The van der Waals surface area contributed by atoms with Crippen molar-refractivity contribution < 1.29 is 9.53 Å². The molecule has 1 saturated heterocycles. The molecule has 1 aliphatic rings. The molecular weight excluding hydrogens is 256 g/mol. The van der Waals surface area contributed by atoms with E-state index in [2.05, 4.69) is 10.3 Å². The van der Waals surface area contributed by atoms with E-state index in [4.69, 9.17) is 4.74 Å². The number of hydrogen-bond donors (Lipinski definition) is 0. The van der Waals surface area contributed by atoms with Crippen LogP contribution in [0.2, 0.25) is 0 Å². The minimum atomic E-state index is -0.0951. The molecule has 0 saturated carbocycles. The van der Waals surface area contributed by atoms with Crippen LogP contribution < -0.4 is 0 Å². The Morgan fingerprint density at radius 3 is 2.90 bits per heavy atom. The Bertz CT molecular complexity index is 596. The van der Waals surface area contributed by atoms with Gasteiger partial charge in [0.2, 0.25) is 0 Å². The van der Waals surface area contributed by atoms with Gasteiger partial charge in [0.15, 0.2) is 5.69 Å². The number of amides is 1. The van der Waals surface area contributed by atoms with Crippen molar-refractivity contribution in [2.45, 2.75) is 13.0 Å². The molecule has 1 amide bonds. The van der Waals surface area contributed by atoms with Crippen LogP contribution >= 0.6 is 0 Å². The van der Waals surface area contributed by atoms with Crippen LogP contribution in [-0.4, -0.2) is 51.6 Å². The summed E-state index contributed by atoms with van der Waals surface area (Å²) >= 11 is 0. The Labute approximate surface area is 117 Å². The maximum Gasteiger partial charge on any atom is 0.276 e. The average Bonchev–Trinajstić information content (AvgIpc) is 2.97. The maximum absolute atomic E-state index is 12.3. The second kappa shape index (κ2) is 5.42. The van der Waals surface area contributed by atoms with E-state index in [0.717, 1.165) is 5.69 Å². The summed E-state index contributed by atoms with van der Waals surface area (Å²) in [7, 11) is 0. The number of morpholine rings is 1. The number of rotatable bonds is 2. The molecule has 1 aromatic carbocycles. The van der Waals surface area contributed by atoms with Gasteiger partial charge in [-0.25, -0.2) is 4.68 Å². The lowest BCUT2D eigenvalue weighted by Crippen LogP contribution is -2.44. The number of nitrogens with zero attached hydrogens (tertiary/aromatic N) is 4. The van der Waals surface area contributed by atoms with E-state index in [-0.39, 0.29) is 12.0 Å². The van der Waals surface area contributed by atoms with Crippen molar-refractivity contribution in [2.75, 3.05) is 19.7 Å². The van der Waals surface area contributed by atoms with E-state index < -0.39 is 0 Å². The summed E-state index contributed by atoms with van der Waals surface area (Å²) in [6, 6.07) is 9.60. The van der Waals surface area contributed by atoms with E-state index in [1.165, 1.54) is 0 Å². The lowest BCUT2D eigenvalue weighted by molar-refractivity contribution is -0.0126. The second-order valence-corrected chi connectivity index (χ2v) is 4.82. The molecule has 6 heteroatoms. The summed E-state index contributed by atoms with van der Waals surface area (Å²) in [6.45, 7) is 3.72. The predicted octanol–water partition coefficient (Wildman–Crippen LogP) is 1.13. The highest BCUT2D eigenvalue weighted by molar-refractivity contribution is 5.92. The summed E-state index contributed by atoms with van der Waals surface area (Å²) < 4.78 is 7.04. The zero-order chi connectivity index (χ0) is 13.9. The smallest absolute Gasteiger partial charge is 0.276 e.